The lowest BCUT2D eigenvalue weighted by Crippen LogP contribution is -2.36. The van der Waals surface area contributed by atoms with Crippen molar-refractivity contribution in [3.05, 3.63) is 69.9 Å². The zero-order valence-electron chi connectivity index (χ0n) is 16.1. The number of nitrogens with zero attached hydrogens (tertiary/aromatic N) is 1. The number of hydrogen-bond acceptors (Lipinski definition) is 5. The average Bonchev–Trinajstić information content (AvgIpc) is 2.68. The molecular formula is C23H22ClNO4. The van der Waals surface area contributed by atoms with Gasteiger partial charge in [0.15, 0.2) is 5.43 Å². The first-order chi connectivity index (χ1) is 13.9. The summed E-state index contributed by atoms with van der Waals surface area (Å²) in [5.74, 6) is -0.111. The Balaban J connectivity index is 2.01. The molecule has 29 heavy (non-hydrogen) atoms. The first kappa shape index (κ1) is 19.6. The molecule has 1 aliphatic rings. The molecule has 1 unspecified atom stereocenters. The molecular weight excluding hydrogens is 390 g/mol. The van der Waals surface area contributed by atoms with E-state index in [9.17, 15) is 15.0 Å². The van der Waals surface area contributed by atoms with Crippen LogP contribution in [0.3, 0.4) is 0 Å². The van der Waals surface area contributed by atoms with Crippen molar-refractivity contribution in [2.24, 2.45) is 5.92 Å². The van der Waals surface area contributed by atoms with Crippen LogP contribution in [0.1, 0.15) is 17.9 Å². The van der Waals surface area contributed by atoms with Crippen molar-refractivity contribution < 1.29 is 14.6 Å². The van der Waals surface area contributed by atoms with Crippen LogP contribution >= 0.6 is 11.6 Å². The van der Waals surface area contributed by atoms with Crippen LogP contribution in [-0.4, -0.2) is 35.3 Å². The summed E-state index contributed by atoms with van der Waals surface area (Å²) in [6.07, 6.45) is 2.63. The van der Waals surface area contributed by atoms with E-state index in [4.69, 9.17) is 16.0 Å². The molecule has 0 saturated carbocycles. The van der Waals surface area contributed by atoms with Crippen molar-refractivity contribution in [3.63, 3.8) is 0 Å². The summed E-state index contributed by atoms with van der Waals surface area (Å²) in [6, 6.07) is 9.62. The van der Waals surface area contributed by atoms with Gasteiger partial charge in [0, 0.05) is 29.8 Å². The first-order valence-electron chi connectivity index (χ1n) is 9.49. The number of fused-ring (bicyclic) bond motifs is 1. The van der Waals surface area contributed by atoms with E-state index in [0.29, 0.717) is 21.9 Å². The van der Waals surface area contributed by atoms with Gasteiger partial charge < -0.3 is 19.5 Å². The Labute approximate surface area is 173 Å². The van der Waals surface area contributed by atoms with Crippen LogP contribution in [0.5, 0.6) is 11.5 Å². The highest BCUT2D eigenvalue weighted by atomic mass is 35.5. The summed E-state index contributed by atoms with van der Waals surface area (Å²) < 4.78 is 6.12. The average molecular weight is 412 g/mol. The monoisotopic (exact) mass is 411 g/mol. The molecule has 6 heteroatoms. The van der Waals surface area contributed by atoms with E-state index in [1.54, 1.807) is 24.3 Å². The molecule has 0 amide bonds. The SMILES string of the molecule is C=C[C@@H]1CN(C)CCC1c1c(O)cc(O)c2c(=O)cc(-c3ccccc3Cl)oc12. The molecule has 1 aromatic heterocycles. The number of piperidine rings is 1. The predicted molar refractivity (Wildman–Crippen MR) is 115 cm³/mol. The van der Waals surface area contributed by atoms with E-state index < -0.39 is 0 Å². The largest absolute Gasteiger partial charge is 0.507 e. The van der Waals surface area contributed by atoms with Crippen LogP contribution in [0.2, 0.25) is 5.02 Å². The Bertz CT molecular complexity index is 1150. The molecule has 2 heterocycles. The third-order valence-corrected chi connectivity index (χ3v) is 6.00. The Morgan fingerprint density at radius 2 is 2.00 bits per heavy atom. The van der Waals surface area contributed by atoms with Gasteiger partial charge in [0.05, 0.1) is 5.02 Å². The molecule has 0 spiro atoms. The maximum absolute atomic E-state index is 12.9. The molecule has 0 bridgehead atoms. The second-order valence-electron chi connectivity index (χ2n) is 7.54. The van der Waals surface area contributed by atoms with Crippen LogP contribution in [0, 0.1) is 5.92 Å². The normalized spacial score (nSPS) is 20.1. The maximum Gasteiger partial charge on any atom is 0.197 e. The fourth-order valence-electron chi connectivity index (χ4n) is 4.22. The van der Waals surface area contributed by atoms with Gasteiger partial charge >= 0.3 is 0 Å². The van der Waals surface area contributed by atoms with Gasteiger partial charge in [0.25, 0.3) is 0 Å². The van der Waals surface area contributed by atoms with Gasteiger partial charge in [-0.2, -0.15) is 0 Å². The Morgan fingerprint density at radius 3 is 2.72 bits per heavy atom. The molecule has 4 rings (SSSR count). The van der Waals surface area contributed by atoms with E-state index in [1.807, 2.05) is 13.1 Å². The van der Waals surface area contributed by atoms with Crippen LogP contribution in [0.15, 0.2) is 58.3 Å². The van der Waals surface area contributed by atoms with Crippen molar-refractivity contribution in [2.75, 3.05) is 20.1 Å². The number of phenolic OH excluding ortho intramolecular Hbond substituents is 2. The van der Waals surface area contributed by atoms with Crippen LogP contribution < -0.4 is 5.43 Å². The third kappa shape index (κ3) is 3.41. The summed E-state index contributed by atoms with van der Waals surface area (Å²) in [6.45, 7) is 5.57. The fraction of sp³-hybridized carbons (Fsp3) is 0.261. The minimum atomic E-state index is -0.386. The Kier molecular flexibility index (Phi) is 5.11. The topological polar surface area (TPSA) is 73.9 Å². The van der Waals surface area contributed by atoms with Gasteiger partial charge in [0.2, 0.25) is 0 Å². The second-order valence-corrected chi connectivity index (χ2v) is 7.95. The first-order valence-corrected chi connectivity index (χ1v) is 9.87. The van der Waals surface area contributed by atoms with Crippen molar-refractivity contribution in [1.29, 1.82) is 0 Å². The highest BCUT2D eigenvalue weighted by molar-refractivity contribution is 6.33. The molecule has 2 N–H and O–H groups in total. The van der Waals surface area contributed by atoms with Crippen molar-refractivity contribution in [3.8, 4) is 22.8 Å². The molecule has 0 radical (unpaired) electrons. The number of benzene rings is 2. The number of halogens is 1. The van der Waals surface area contributed by atoms with Crippen LogP contribution in [-0.2, 0) is 0 Å². The van der Waals surface area contributed by atoms with Gasteiger partial charge in [-0.3, -0.25) is 4.79 Å². The lowest BCUT2D eigenvalue weighted by molar-refractivity contribution is 0.210. The van der Waals surface area contributed by atoms with Crippen LogP contribution in [0.4, 0.5) is 0 Å². The Hall–Kier alpha value is -2.76. The number of phenols is 2. The molecule has 3 aromatic rings. The maximum atomic E-state index is 12.9. The van der Waals surface area contributed by atoms with E-state index in [2.05, 4.69) is 11.5 Å². The number of aromatic hydroxyl groups is 2. The fourth-order valence-corrected chi connectivity index (χ4v) is 4.45. The molecule has 2 aromatic carbocycles. The summed E-state index contributed by atoms with van der Waals surface area (Å²) in [5, 5.41) is 21.6. The van der Waals surface area contributed by atoms with Gasteiger partial charge in [-0.05, 0) is 44.0 Å². The Morgan fingerprint density at radius 1 is 1.24 bits per heavy atom. The van der Waals surface area contributed by atoms with Gasteiger partial charge in [-0.25, -0.2) is 0 Å². The van der Waals surface area contributed by atoms with E-state index in [0.717, 1.165) is 19.5 Å². The molecule has 0 aliphatic carbocycles. The molecule has 150 valence electrons. The molecule has 1 saturated heterocycles. The highest BCUT2D eigenvalue weighted by Crippen LogP contribution is 2.44. The highest BCUT2D eigenvalue weighted by Gasteiger charge is 2.32. The third-order valence-electron chi connectivity index (χ3n) is 5.67. The summed E-state index contributed by atoms with van der Waals surface area (Å²) in [4.78, 5) is 15.1. The number of hydrogen-bond donors (Lipinski definition) is 2. The van der Waals surface area contributed by atoms with Crippen molar-refractivity contribution in [1.82, 2.24) is 4.90 Å². The number of rotatable bonds is 3. The van der Waals surface area contributed by atoms with Gasteiger partial charge in [-0.1, -0.05) is 29.8 Å². The van der Waals surface area contributed by atoms with Gasteiger partial charge in [0.1, 0.15) is 28.2 Å². The minimum absolute atomic E-state index is 0.0651. The zero-order valence-corrected chi connectivity index (χ0v) is 16.8. The lowest BCUT2D eigenvalue weighted by Gasteiger charge is -2.35. The van der Waals surface area contributed by atoms with E-state index >= 15 is 0 Å². The van der Waals surface area contributed by atoms with Crippen molar-refractivity contribution >= 4 is 22.6 Å². The lowest BCUT2D eigenvalue weighted by atomic mass is 9.79. The summed E-state index contributed by atoms with van der Waals surface area (Å²) >= 11 is 6.30. The molecule has 2 atom stereocenters. The molecule has 5 nitrogen and oxygen atoms in total. The molecule has 1 aliphatic heterocycles. The zero-order chi connectivity index (χ0) is 20.7. The number of likely N-dealkylation sites (tertiary alicyclic amines) is 1. The molecule has 1 fully saturated rings. The van der Waals surface area contributed by atoms with E-state index in [1.165, 1.54) is 12.1 Å². The van der Waals surface area contributed by atoms with Gasteiger partial charge in [-0.15, -0.1) is 6.58 Å². The second kappa shape index (κ2) is 7.58. The summed E-state index contributed by atoms with van der Waals surface area (Å²) in [5.41, 5.74) is 0.918. The van der Waals surface area contributed by atoms with Crippen molar-refractivity contribution in [2.45, 2.75) is 12.3 Å². The van der Waals surface area contributed by atoms with E-state index in [-0.39, 0.29) is 39.7 Å². The van der Waals surface area contributed by atoms with Crippen LogP contribution in [0.25, 0.3) is 22.3 Å². The quantitative estimate of drug-likeness (QED) is 0.608. The smallest absolute Gasteiger partial charge is 0.197 e. The minimum Gasteiger partial charge on any atom is -0.507 e. The predicted octanol–water partition coefficient (Wildman–Crippen LogP) is 4.75. The summed E-state index contributed by atoms with van der Waals surface area (Å²) in [7, 11) is 2.04. The standard InChI is InChI=1S/C23H22ClNO4/c1-3-13-12-25(2)9-8-14(13)21-17(26)10-18(27)22-19(28)11-20(29-23(21)22)15-6-4-5-7-16(15)24/h3-7,10-11,13-14,26-27H,1,8-9,12H2,2H3/t13-,14?/m1/s1.